The molecule has 0 saturated heterocycles. The van der Waals surface area contributed by atoms with Crippen molar-refractivity contribution in [3.05, 3.63) is 0 Å². The zero-order valence-electron chi connectivity index (χ0n) is 11.9. The Bertz CT molecular complexity index is 307. The second kappa shape index (κ2) is 8.15. The highest BCUT2D eigenvalue weighted by Gasteiger charge is 2.26. The molecule has 0 spiro atoms. The average Bonchev–Trinajstić information content (AvgIpc) is 2.37. The molecule has 1 fully saturated rings. The zero-order valence-corrected chi connectivity index (χ0v) is 11.9. The third-order valence-electron chi connectivity index (χ3n) is 3.70. The highest BCUT2D eigenvalue weighted by molar-refractivity contribution is 5.78. The lowest BCUT2D eigenvalue weighted by Gasteiger charge is -2.27. The fourth-order valence-electron chi connectivity index (χ4n) is 2.67. The first kappa shape index (κ1) is 16.0. The van der Waals surface area contributed by atoms with Crippen molar-refractivity contribution in [1.29, 1.82) is 0 Å². The minimum atomic E-state index is -0.715. The monoisotopic (exact) mass is 270 g/mol. The Labute approximate surface area is 115 Å². The van der Waals surface area contributed by atoms with Crippen LogP contribution in [-0.4, -0.2) is 35.6 Å². The summed E-state index contributed by atoms with van der Waals surface area (Å²) < 4.78 is 0. The molecule has 5 heteroatoms. The largest absolute Gasteiger partial charge is 0.481 e. The third-order valence-corrected chi connectivity index (χ3v) is 3.70. The van der Waals surface area contributed by atoms with Gasteiger partial charge in [0.05, 0.1) is 12.5 Å². The molecule has 0 radical (unpaired) electrons. The van der Waals surface area contributed by atoms with Gasteiger partial charge in [0.25, 0.3) is 0 Å². The number of amides is 1. The van der Waals surface area contributed by atoms with E-state index in [4.69, 9.17) is 5.11 Å². The summed E-state index contributed by atoms with van der Waals surface area (Å²) in [5.41, 5.74) is 0. The Kier molecular flexibility index (Phi) is 6.84. The molecular formula is C14H26N2O3. The lowest BCUT2D eigenvalue weighted by atomic mass is 9.86. The van der Waals surface area contributed by atoms with Crippen molar-refractivity contribution >= 4 is 11.9 Å². The molecule has 0 aliphatic heterocycles. The van der Waals surface area contributed by atoms with E-state index in [0.717, 1.165) is 32.1 Å². The van der Waals surface area contributed by atoms with Gasteiger partial charge in [-0.1, -0.05) is 19.8 Å². The van der Waals surface area contributed by atoms with Crippen molar-refractivity contribution in [2.75, 3.05) is 6.54 Å². The Morgan fingerprint density at radius 1 is 1.37 bits per heavy atom. The van der Waals surface area contributed by atoms with E-state index in [1.165, 1.54) is 0 Å². The number of rotatable bonds is 7. The van der Waals surface area contributed by atoms with Crippen molar-refractivity contribution < 1.29 is 14.7 Å². The Hall–Kier alpha value is -1.10. The van der Waals surface area contributed by atoms with Gasteiger partial charge in [0, 0.05) is 12.1 Å². The third kappa shape index (κ3) is 6.05. The van der Waals surface area contributed by atoms with E-state index in [2.05, 4.69) is 17.6 Å². The Morgan fingerprint density at radius 2 is 2.11 bits per heavy atom. The molecule has 1 aliphatic carbocycles. The molecule has 0 aromatic heterocycles. The van der Waals surface area contributed by atoms with Crippen molar-refractivity contribution in [2.45, 2.75) is 64.5 Å². The molecule has 3 unspecified atom stereocenters. The molecule has 110 valence electrons. The predicted molar refractivity (Wildman–Crippen MR) is 73.9 cm³/mol. The molecule has 1 saturated carbocycles. The number of carbonyl (C=O) groups is 2. The maximum absolute atomic E-state index is 11.7. The highest BCUT2D eigenvalue weighted by atomic mass is 16.4. The van der Waals surface area contributed by atoms with E-state index in [-0.39, 0.29) is 30.5 Å². The van der Waals surface area contributed by atoms with Gasteiger partial charge in [0.15, 0.2) is 0 Å². The number of hydrogen-bond donors (Lipinski definition) is 3. The van der Waals surface area contributed by atoms with Gasteiger partial charge in [-0.25, -0.2) is 0 Å². The van der Waals surface area contributed by atoms with Crippen LogP contribution in [0.4, 0.5) is 0 Å². The fourth-order valence-corrected chi connectivity index (χ4v) is 2.67. The Balaban J connectivity index is 2.24. The van der Waals surface area contributed by atoms with Crippen molar-refractivity contribution in [3.63, 3.8) is 0 Å². The van der Waals surface area contributed by atoms with Gasteiger partial charge in [-0.05, 0) is 32.6 Å². The van der Waals surface area contributed by atoms with Crippen LogP contribution >= 0.6 is 0 Å². The summed E-state index contributed by atoms with van der Waals surface area (Å²) in [4.78, 5) is 22.6. The van der Waals surface area contributed by atoms with Crippen molar-refractivity contribution in [3.8, 4) is 0 Å². The van der Waals surface area contributed by atoms with Crippen LogP contribution in [0.5, 0.6) is 0 Å². The molecule has 1 rings (SSSR count). The normalized spacial score (nSPS) is 24.7. The molecular weight excluding hydrogens is 244 g/mol. The molecule has 0 aromatic rings. The summed E-state index contributed by atoms with van der Waals surface area (Å²) in [5, 5.41) is 15.1. The molecule has 0 heterocycles. The average molecular weight is 270 g/mol. The number of aliphatic carboxylic acids is 1. The Morgan fingerprint density at radius 3 is 2.74 bits per heavy atom. The predicted octanol–water partition coefficient (Wildman–Crippen LogP) is 1.52. The number of carboxylic acids is 1. The van der Waals surface area contributed by atoms with E-state index < -0.39 is 5.97 Å². The van der Waals surface area contributed by atoms with Crippen LogP contribution < -0.4 is 10.6 Å². The quantitative estimate of drug-likeness (QED) is 0.655. The summed E-state index contributed by atoms with van der Waals surface area (Å²) in [7, 11) is 0. The van der Waals surface area contributed by atoms with Crippen molar-refractivity contribution in [1.82, 2.24) is 10.6 Å². The van der Waals surface area contributed by atoms with E-state index in [0.29, 0.717) is 6.42 Å². The van der Waals surface area contributed by atoms with Gasteiger partial charge >= 0.3 is 5.97 Å². The molecule has 5 nitrogen and oxygen atoms in total. The zero-order chi connectivity index (χ0) is 14.3. The van der Waals surface area contributed by atoms with Crippen LogP contribution in [0.15, 0.2) is 0 Å². The smallest absolute Gasteiger partial charge is 0.306 e. The highest BCUT2D eigenvalue weighted by Crippen LogP contribution is 2.24. The fraction of sp³-hybridized carbons (Fsp3) is 0.857. The van der Waals surface area contributed by atoms with Crippen LogP contribution in [0.1, 0.15) is 52.4 Å². The van der Waals surface area contributed by atoms with E-state index in [9.17, 15) is 9.59 Å². The second-order valence-corrected chi connectivity index (χ2v) is 5.54. The first-order valence-corrected chi connectivity index (χ1v) is 7.28. The molecule has 0 bridgehead atoms. The minimum Gasteiger partial charge on any atom is -0.481 e. The SMILES string of the molecule is CCCC(C)NC(=O)CNC1CCCC(C(=O)O)C1. The van der Waals surface area contributed by atoms with Crippen LogP contribution in [0, 0.1) is 5.92 Å². The van der Waals surface area contributed by atoms with Gasteiger partial charge < -0.3 is 15.7 Å². The topological polar surface area (TPSA) is 78.4 Å². The van der Waals surface area contributed by atoms with Gasteiger partial charge in [-0.15, -0.1) is 0 Å². The first-order valence-electron chi connectivity index (χ1n) is 7.28. The van der Waals surface area contributed by atoms with E-state index in [1.54, 1.807) is 0 Å². The summed E-state index contributed by atoms with van der Waals surface area (Å²) in [6.07, 6.45) is 5.30. The van der Waals surface area contributed by atoms with Crippen LogP contribution in [0.3, 0.4) is 0 Å². The van der Waals surface area contributed by atoms with E-state index in [1.807, 2.05) is 6.92 Å². The molecule has 19 heavy (non-hydrogen) atoms. The standard InChI is InChI=1S/C14H26N2O3/c1-3-5-10(2)16-13(17)9-15-12-7-4-6-11(8-12)14(18)19/h10-12,15H,3-9H2,1-2H3,(H,16,17)(H,18,19). The van der Waals surface area contributed by atoms with E-state index >= 15 is 0 Å². The summed E-state index contributed by atoms with van der Waals surface area (Å²) >= 11 is 0. The van der Waals surface area contributed by atoms with Crippen LogP contribution in [-0.2, 0) is 9.59 Å². The first-order chi connectivity index (χ1) is 9.02. The lowest BCUT2D eigenvalue weighted by molar-refractivity contribution is -0.143. The van der Waals surface area contributed by atoms with Crippen molar-refractivity contribution in [2.24, 2.45) is 5.92 Å². The summed E-state index contributed by atoms with van der Waals surface area (Å²) in [6.45, 7) is 4.38. The lowest BCUT2D eigenvalue weighted by Crippen LogP contribution is -2.44. The van der Waals surface area contributed by atoms with Crippen LogP contribution in [0.25, 0.3) is 0 Å². The molecule has 1 amide bonds. The number of hydrogen-bond acceptors (Lipinski definition) is 3. The molecule has 3 N–H and O–H groups in total. The van der Waals surface area contributed by atoms with Crippen LogP contribution in [0.2, 0.25) is 0 Å². The summed E-state index contributed by atoms with van der Waals surface area (Å²) in [5.74, 6) is -0.973. The van der Waals surface area contributed by atoms with Gasteiger partial charge in [-0.3, -0.25) is 9.59 Å². The maximum Gasteiger partial charge on any atom is 0.306 e. The maximum atomic E-state index is 11.7. The minimum absolute atomic E-state index is 0.00148. The van der Waals surface area contributed by atoms with Gasteiger partial charge in [0.1, 0.15) is 0 Å². The second-order valence-electron chi connectivity index (χ2n) is 5.54. The van der Waals surface area contributed by atoms with Gasteiger partial charge in [0.2, 0.25) is 5.91 Å². The number of carboxylic acid groups (broad SMARTS) is 1. The number of carbonyl (C=O) groups excluding carboxylic acids is 1. The van der Waals surface area contributed by atoms with Gasteiger partial charge in [-0.2, -0.15) is 0 Å². The molecule has 3 atom stereocenters. The summed E-state index contributed by atoms with van der Waals surface area (Å²) in [6, 6.07) is 0.361. The molecule has 0 aromatic carbocycles. The number of nitrogens with one attached hydrogen (secondary N) is 2. The molecule has 1 aliphatic rings.